The second-order valence-corrected chi connectivity index (χ2v) is 7.06. The third-order valence-corrected chi connectivity index (χ3v) is 3.76. The number of alkyl carbamates (subject to hydrolysis) is 1. The average Bonchev–Trinajstić information content (AvgIpc) is 3.14. The molecule has 3 unspecified atom stereocenters. The predicted molar refractivity (Wildman–Crippen MR) is 88.9 cm³/mol. The van der Waals surface area contributed by atoms with Gasteiger partial charge >= 0.3 is 6.09 Å². The number of benzene rings is 1. The summed E-state index contributed by atoms with van der Waals surface area (Å²) in [4.78, 5) is 11.7. The van der Waals surface area contributed by atoms with Gasteiger partial charge in [-0.25, -0.2) is 4.79 Å². The second-order valence-electron chi connectivity index (χ2n) is 7.06. The number of amides is 1. The molecule has 1 amide bonds. The molecule has 3 atom stereocenters. The van der Waals surface area contributed by atoms with Crippen molar-refractivity contribution in [2.24, 2.45) is 0 Å². The van der Waals surface area contributed by atoms with E-state index in [4.69, 9.17) is 4.74 Å². The van der Waals surface area contributed by atoms with Gasteiger partial charge in [-0.15, -0.1) is 0 Å². The van der Waals surface area contributed by atoms with Gasteiger partial charge in [-0.1, -0.05) is 37.3 Å². The molecule has 0 bridgehead atoms. The van der Waals surface area contributed by atoms with E-state index in [1.165, 1.54) is 5.56 Å². The maximum atomic E-state index is 11.7. The molecule has 2 rings (SSSR count). The Morgan fingerprint density at radius 1 is 1.27 bits per heavy atom. The van der Waals surface area contributed by atoms with E-state index in [1.54, 1.807) is 0 Å². The van der Waals surface area contributed by atoms with Crippen LogP contribution in [0.5, 0.6) is 0 Å². The predicted octanol–water partition coefficient (Wildman–Crippen LogP) is 3.26. The van der Waals surface area contributed by atoms with E-state index < -0.39 is 5.60 Å². The molecule has 4 nitrogen and oxygen atoms in total. The van der Waals surface area contributed by atoms with E-state index in [0.29, 0.717) is 12.1 Å². The molecule has 4 heteroatoms. The zero-order chi connectivity index (χ0) is 16.2. The summed E-state index contributed by atoms with van der Waals surface area (Å²) < 4.78 is 5.29. The Balaban J connectivity index is 1.74. The number of nitrogens with one attached hydrogen (secondary N) is 2. The van der Waals surface area contributed by atoms with Gasteiger partial charge in [0.2, 0.25) is 0 Å². The topological polar surface area (TPSA) is 50.4 Å². The lowest BCUT2D eigenvalue weighted by molar-refractivity contribution is 0.0522. The fraction of sp³-hybridized carbons (Fsp3) is 0.611. The van der Waals surface area contributed by atoms with Crippen molar-refractivity contribution in [1.82, 2.24) is 10.6 Å². The lowest BCUT2D eigenvalue weighted by Crippen LogP contribution is -2.39. The van der Waals surface area contributed by atoms with Gasteiger partial charge in [0.25, 0.3) is 0 Å². The Bertz CT molecular complexity index is 482. The van der Waals surface area contributed by atoms with Gasteiger partial charge in [0, 0.05) is 18.1 Å². The molecular weight excluding hydrogens is 276 g/mol. The molecule has 1 aromatic rings. The van der Waals surface area contributed by atoms with Crippen molar-refractivity contribution in [3.8, 4) is 0 Å². The molecule has 1 saturated carbocycles. The minimum atomic E-state index is -0.443. The lowest BCUT2D eigenvalue weighted by Gasteiger charge is -2.20. The van der Waals surface area contributed by atoms with Crippen LogP contribution < -0.4 is 10.6 Å². The van der Waals surface area contributed by atoms with Crippen molar-refractivity contribution in [2.75, 3.05) is 0 Å². The highest BCUT2D eigenvalue weighted by Gasteiger charge is 2.40. The fourth-order valence-electron chi connectivity index (χ4n) is 2.52. The van der Waals surface area contributed by atoms with Crippen molar-refractivity contribution in [1.29, 1.82) is 0 Å². The summed E-state index contributed by atoms with van der Waals surface area (Å²) in [6.45, 7) is 7.83. The summed E-state index contributed by atoms with van der Waals surface area (Å²) in [5, 5.41) is 6.57. The molecule has 122 valence electrons. The van der Waals surface area contributed by atoms with Crippen LogP contribution in [0.2, 0.25) is 0 Å². The van der Waals surface area contributed by atoms with Crippen molar-refractivity contribution >= 4 is 6.09 Å². The summed E-state index contributed by atoms with van der Waals surface area (Å²) in [5.74, 6) is 0. The van der Waals surface area contributed by atoms with E-state index in [2.05, 4.69) is 41.8 Å². The van der Waals surface area contributed by atoms with Crippen LogP contribution in [0.15, 0.2) is 30.3 Å². The molecule has 1 aromatic carbocycles. The highest BCUT2D eigenvalue weighted by molar-refractivity contribution is 5.68. The summed E-state index contributed by atoms with van der Waals surface area (Å²) >= 11 is 0. The number of hydrogen-bond acceptors (Lipinski definition) is 3. The Kier molecular flexibility index (Phi) is 5.46. The maximum absolute atomic E-state index is 11.7. The molecule has 22 heavy (non-hydrogen) atoms. The van der Waals surface area contributed by atoms with Gasteiger partial charge < -0.3 is 15.4 Å². The zero-order valence-corrected chi connectivity index (χ0v) is 14.1. The Morgan fingerprint density at radius 3 is 2.55 bits per heavy atom. The van der Waals surface area contributed by atoms with Crippen LogP contribution in [-0.4, -0.2) is 29.8 Å². The van der Waals surface area contributed by atoms with E-state index in [-0.39, 0.29) is 12.1 Å². The first-order valence-electron chi connectivity index (χ1n) is 8.17. The van der Waals surface area contributed by atoms with Crippen LogP contribution >= 0.6 is 0 Å². The molecule has 1 fully saturated rings. The second kappa shape index (κ2) is 7.14. The number of carbonyl (C=O) groups excluding carboxylic acids is 1. The van der Waals surface area contributed by atoms with Gasteiger partial charge in [-0.2, -0.15) is 0 Å². The van der Waals surface area contributed by atoms with Crippen molar-refractivity contribution in [3.63, 3.8) is 0 Å². The molecule has 0 spiro atoms. The summed E-state index contributed by atoms with van der Waals surface area (Å²) in [7, 11) is 0. The van der Waals surface area contributed by atoms with Crippen molar-refractivity contribution in [3.05, 3.63) is 35.9 Å². The first kappa shape index (κ1) is 16.8. The first-order chi connectivity index (χ1) is 10.4. The highest BCUT2D eigenvalue weighted by atomic mass is 16.6. The molecule has 0 aromatic heterocycles. The normalized spacial score (nSPS) is 22.0. The van der Waals surface area contributed by atoms with Crippen molar-refractivity contribution in [2.45, 2.75) is 70.7 Å². The SMILES string of the molecule is CCC(Cc1ccccc1)NC1CC1NC(=O)OC(C)(C)C. The Morgan fingerprint density at radius 2 is 1.95 bits per heavy atom. The third kappa shape index (κ3) is 5.68. The van der Waals surface area contributed by atoms with Gasteiger partial charge in [0.15, 0.2) is 0 Å². The summed E-state index contributed by atoms with van der Waals surface area (Å²) in [6.07, 6.45) is 2.75. The van der Waals surface area contributed by atoms with Gasteiger partial charge in [0.1, 0.15) is 5.60 Å². The number of ether oxygens (including phenoxy) is 1. The standard InChI is InChI=1S/C18H28N2O2/c1-5-14(11-13-9-7-6-8-10-13)19-15-12-16(15)20-17(21)22-18(2,3)4/h6-10,14-16,19H,5,11-12H2,1-4H3,(H,20,21). The smallest absolute Gasteiger partial charge is 0.407 e. The number of rotatable bonds is 6. The molecule has 2 N–H and O–H groups in total. The minimum absolute atomic E-state index is 0.194. The van der Waals surface area contributed by atoms with E-state index in [0.717, 1.165) is 19.3 Å². The first-order valence-corrected chi connectivity index (χ1v) is 8.17. The fourth-order valence-corrected chi connectivity index (χ4v) is 2.52. The third-order valence-electron chi connectivity index (χ3n) is 3.76. The van der Waals surface area contributed by atoms with Gasteiger partial charge in [0.05, 0.1) is 0 Å². The molecule has 0 saturated heterocycles. The van der Waals surface area contributed by atoms with Crippen LogP contribution in [0.3, 0.4) is 0 Å². The highest BCUT2D eigenvalue weighted by Crippen LogP contribution is 2.23. The maximum Gasteiger partial charge on any atom is 0.407 e. The molecule has 1 aliphatic rings. The van der Waals surface area contributed by atoms with Crippen LogP contribution in [0, 0.1) is 0 Å². The van der Waals surface area contributed by atoms with E-state index >= 15 is 0 Å². The van der Waals surface area contributed by atoms with Gasteiger partial charge in [-0.05, 0) is 45.6 Å². The molecule has 0 heterocycles. The van der Waals surface area contributed by atoms with Crippen LogP contribution in [0.1, 0.15) is 46.1 Å². The largest absolute Gasteiger partial charge is 0.444 e. The van der Waals surface area contributed by atoms with E-state index in [9.17, 15) is 4.79 Å². The van der Waals surface area contributed by atoms with Crippen LogP contribution in [-0.2, 0) is 11.2 Å². The summed E-state index contributed by atoms with van der Waals surface area (Å²) in [5.41, 5.74) is 0.903. The minimum Gasteiger partial charge on any atom is -0.444 e. The number of carbonyl (C=O) groups is 1. The van der Waals surface area contributed by atoms with Crippen molar-refractivity contribution < 1.29 is 9.53 Å². The quantitative estimate of drug-likeness (QED) is 0.848. The number of hydrogen-bond donors (Lipinski definition) is 2. The molecular formula is C18H28N2O2. The van der Waals surface area contributed by atoms with E-state index in [1.807, 2.05) is 26.8 Å². The molecule has 0 aliphatic heterocycles. The Labute approximate surface area is 133 Å². The van der Waals surface area contributed by atoms with Crippen LogP contribution in [0.25, 0.3) is 0 Å². The molecule has 1 aliphatic carbocycles. The Hall–Kier alpha value is -1.55. The van der Waals surface area contributed by atoms with Crippen LogP contribution in [0.4, 0.5) is 4.79 Å². The zero-order valence-electron chi connectivity index (χ0n) is 14.1. The average molecular weight is 304 g/mol. The molecule has 0 radical (unpaired) electrons. The monoisotopic (exact) mass is 304 g/mol. The van der Waals surface area contributed by atoms with Gasteiger partial charge in [-0.3, -0.25) is 0 Å². The summed E-state index contributed by atoms with van der Waals surface area (Å²) in [6, 6.07) is 11.5. The lowest BCUT2D eigenvalue weighted by atomic mass is 10.0.